The Labute approximate surface area is 279 Å². The van der Waals surface area contributed by atoms with Crippen LogP contribution in [-0.4, -0.2) is 77.5 Å². The van der Waals surface area contributed by atoms with Crippen LogP contribution >= 0.6 is 0 Å². The van der Waals surface area contributed by atoms with Gasteiger partial charge in [-0.15, -0.1) is 0 Å². The molecule has 0 aliphatic carbocycles. The number of hydrogen-bond acceptors (Lipinski definition) is 6. The molecule has 0 bridgehead atoms. The molecule has 0 aliphatic heterocycles. The van der Waals surface area contributed by atoms with Gasteiger partial charge in [0.15, 0.2) is 16.6 Å². The van der Waals surface area contributed by atoms with Crippen LogP contribution < -0.4 is 0 Å². The van der Waals surface area contributed by atoms with E-state index in [4.69, 9.17) is 13.6 Å². The highest BCUT2D eigenvalue weighted by molar-refractivity contribution is 6.74. The highest BCUT2D eigenvalue weighted by Crippen LogP contribution is 2.41. The van der Waals surface area contributed by atoms with Crippen LogP contribution in [0.25, 0.3) is 0 Å². The molecule has 1 amide bonds. The van der Waals surface area contributed by atoms with E-state index in [-0.39, 0.29) is 45.8 Å². The summed E-state index contributed by atoms with van der Waals surface area (Å²) in [5.41, 5.74) is 0. The molecule has 45 heavy (non-hydrogen) atoms. The first-order valence-corrected chi connectivity index (χ1v) is 22.4. The Balaban J connectivity index is 6.39. The maximum absolute atomic E-state index is 14.2. The van der Waals surface area contributed by atoms with Gasteiger partial charge in [-0.3, -0.25) is 4.79 Å². The zero-order valence-electron chi connectivity index (χ0n) is 31.9. The average Bonchev–Trinajstić information content (AvgIpc) is 2.92. The van der Waals surface area contributed by atoms with E-state index in [1.807, 2.05) is 53.0 Å². The van der Waals surface area contributed by atoms with Gasteiger partial charge in [-0.1, -0.05) is 107 Å². The molecule has 0 aromatic rings. The van der Waals surface area contributed by atoms with Gasteiger partial charge in [0, 0.05) is 31.5 Å². The third-order valence-corrected chi connectivity index (χ3v) is 19.2. The molecule has 0 saturated heterocycles. The number of methoxy groups -OCH3 is 1. The summed E-state index contributed by atoms with van der Waals surface area (Å²) >= 11 is 0. The summed E-state index contributed by atoms with van der Waals surface area (Å²) in [6.45, 7) is 36.3. The van der Waals surface area contributed by atoms with E-state index >= 15 is 0 Å². The van der Waals surface area contributed by atoms with Gasteiger partial charge in [-0.25, -0.2) is 4.79 Å². The van der Waals surface area contributed by atoms with Crippen LogP contribution in [-0.2, 0) is 23.2 Å². The standard InChI is InChI=1S/C36H69NO6Si2/c1-19-20-21-25(2)31(39)28(5)33(43-45(17,18)36(10,11)12)29(6)34(40)37(13)24-27(4)32(26(3)22-23-30(38)41-14)42-44(15,16)35(7,8)9/h19-23,25-29,31-33,39H,1,24H2,2-18H3/t25-,26-,27-,28?,29?,31?,32-,33?/m0/s1. The SMILES string of the molecule is C=CC=C[C@H](C)C(O)C(C)C(O[Si](C)(C)C(C)(C)C)C(C)C(=O)N(C)C[C@H](C)[C@@H](O[Si](C)(C)C(C)(C)C)[C@@H](C)C=CC(=O)OC. The van der Waals surface area contributed by atoms with Crippen LogP contribution in [0.4, 0.5) is 0 Å². The van der Waals surface area contributed by atoms with Crippen molar-refractivity contribution in [2.75, 3.05) is 20.7 Å². The van der Waals surface area contributed by atoms with Crippen LogP contribution in [0.15, 0.2) is 37.0 Å². The van der Waals surface area contributed by atoms with Gasteiger partial charge in [-0.05, 0) is 48.1 Å². The third-order valence-electron chi connectivity index (χ3n) is 10.3. The van der Waals surface area contributed by atoms with Crippen molar-refractivity contribution in [2.45, 2.75) is 131 Å². The fourth-order valence-electron chi connectivity index (χ4n) is 5.00. The van der Waals surface area contributed by atoms with Crippen LogP contribution in [0.3, 0.4) is 0 Å². The molecule has 0 saturated carbocycles. The minimum Gasteiger partial charge on any atom is -0.466 e. The van der Waals surface area contributed by atoms with Crippen molar-refractivity contribution in [3.8, 4) is 0 Å². The van der Waals surface area contributed by atoms with Crippen LogP contribution in [0, 0.1) is 29.6 Å². The highest BCUT2D eigenvalue weighted by Gasteiger charge is 2.45. The normalized spacial score (nSPS) is 19.0. The highest BCUT2D eigenvalue weighted by atomic mass is 28.4. The second-order valence-corrected chi connectivity index (χ2v) is 25.8. The molecule has 1 N–H and O–H groups in total. The van der Waals surface area contributed by atoms with E-state index in [1.54, 1.807) is 11.0 Å². The number of allylic oxidation sites excluding steroid dienone is 2. The number of rotatable bonds is 17. The Morgan fingerprint density at radius 2 is 1.31 bits per heavy atom. The maximum Gasteiger partial charge on any atom is 0.330 e. The van der Waals surface area contributed by atoms with E-state index in [0.717, 1.165) is 0 Å². The molecule has 9 heteroatoms. The van der Waals surface area contributed by atoms with Crippen LogP contribution in [0.2, 0.25) is 36.3 Å². The van der Waals surface area contributed by atoms with Gasteiger partial charge in [0.2, 0.25) is 5.91 Å². The lowest BCUT2D eigenvalue weighted by atomic mass is 9.83. The molecule has 0 rings (SSSR count). The van der Waals surface area contributed by atoms with Gasteiger partial charge >= 0.3 is 5.97 Å². The number of aliphatic hydroxyl groups is 1. The van der Waals surface area contributed by atoms with Gasteiger partial charge in [0.1, 0.15) is 0 Å². The lowest BCUT2D eigenvalue weighted by molar-refractivity contribution is -0.140. The predicted molar refractivity (Wildman–Crippen MR) is 194 cm³/mol. The molecule has 262 valence electrons. The fraction of sp³-hybridized carbons (Fsp3) is 0.778. The maximum atomic E-state index is 14.2. The lowest BCUT2D eigenvalue weighted by Gasteiger charge is -2.45. The summed E-state index contributed by atoms with van der Waals surface area (Å²) < 4.78 is 18.7. The summed E-state index contributed by atoms with van der Waals surface area (Å²) in [5, 5.41) is 11.3. The first kappa shape index (κ1) is 43.5. The van der Waals surface area contributed by atoms with Gasteiger partial charge in [0.05, 0.1) is 31.3 Å². The minimum absolute atomic E-state index is 0.00370. The molecule has 0 aromatic heterocycles. The molecule has 7 nitrogen and oxygen atoms in total. The second-order valence-electron chi connectivity index (χ2n) is 16.2. The summed E-state index contributed by atoms with van der Waals surface area (Å²) in [5.74, 6) is -1.42. The van der Waals surface area contributed by atoms with Crippen LogP contribution in [0.1, 0.15) is 76.2 Å². The summed E-state index contributed by atoms with van der Waals surface area (Å²) in [6.07, 6.45) is 7.42. The Bertz CT molecular complexity index is 1010. The van der Waals surface area contributed by atoms with Crippen molar-refractivity contribution in [1.82, 2.24) is 4.90 Å². The van der Waals surface area contributed by atoms with Gasteiger partial charge in [0.25, 0.3) is 0 Å². The number of esters is 1. The van der Waals surface area contributed by atoms with E-state index < -0.39 is 40.7 Å². The van der Waals surface area contributed by atoms with Crippen molar-refractivity contribution in [1.29, 1.82) is 0 Å². The molecule has 0 aromatic carbocycles. The molecule has 0 fully saturated rings. The van der Waals surface area contributed by atoms with E-state index in [2.05, 4.69) is 81.2 Å². The molecular weight excluding hydrogens is 599 g/mol. The summed E-state index contributed by atoms with van der Waals surface area (Å²) in [4.78, 5) is 27.8. The van der Waals surface area contributed by atoms with E-state index in [1.165, 1.54) is 13.2 Å². The minimum atomic E-state index is -2.29. The van der Waals surface area contributed by atoms with Crippen molar-refractivity contribution >= 4 is 28.5 Å². The van der Waals surface area contributed by atoms with Crippen molar-refractivity contribution in [2.24, 2.45) is 29.6 Å². The van der Waals surface area contributed by atoms with Crippen molar-refractivity contribution in [3.05, 3.63) is 37.0 Å². The topological polar surface area (TPSA) is 85.3 Å². The second kappa shape index (κ2) is 17.6. The molecule has 4 unspecified atom stereocenters. The number of ether oxygens (including phenoxy) is 1. The monoisotopic (exact) mass is 667 g/mol. The average molecular weight is 668 g/mol. The molecule has 0 spiro atoms. The number of carbonyl (C=O) groups excluding carboxylic acids is 2. The first-order chi connectivity index (χ1) is 20.3. The summed E-state index contributed by atoms with van der Waals surface area (Å²) in [6, 6.07) is 0. The lowest BCUT2D eigenvalue weighted by Crippen LogP contribution is -2.53. The number of hydrogen-bond donors (Lipinski definition) is 1. The molecular formula is C36H69NO6Si2. The van der Waals surface area contributed by atoms with E-state index in [9.17, 15) is 14.7 Å². The quantitative estimate of drug-likeness (QED) is 0.0728. The Morgan fingerprint density at radius 3 is 1.73 bits per heavy atom. The number of carbonyl (C=O) groups is 2. The van der Waals surface area contributed by atoms with Crippen LogP contribution in [0.5, 0.6) is 0 Å². The van der Waals surface area contributed by atoms with Crippen molar-refractivity contribution in [3.63, 3.8) is 0 Å². The first-order valence-electron chi connectivity index (χ1n) is 16.6. The third kappa shape index (κ3) is 12.9. The van der Waals surface area contributed by atoms with Crippen molar-refractivity contribution < 1.29 is 28.3 Å². The Morgan fingerprint density at radius 1 is 0.844 bits per heavy atom. The fourth-order valence-corrected chi connectivity index (χ4v) is 7.94. The Kier molecular flexibility index (Phi) is 17.0. The number of amides is 1. The number of nitrogens with zero attached hydrogens (tertiary/aromatic N) is 1. The zero-order valence-corrected chi connectivity index (χ0v) is 33.9. The summed E-state index contributed by atoms with van der Waals surface area (Å²) in [7, 11) is -1.26. The van der Waals surface area contributed by atoms with Gasteiger partial charge in [-0.2, -0.15) is 0 Å². The number of aliphatic hydroxyl groups excluding tert-OH is 1. The smallest absolute Gasteiger partial charge is 0.330 e. The largest absolute Gasteiger partial charge is 0.466 e. The van der Waals surface area contributed by atoms with Gasteiger partial charge < -0.3 is 23.6 Å². The molecule has 0 heterocycles. The predicted octanol–water partition coefficient (Wildman–Crippen LogP) is 8.24. The van der Waals surface area contributed by atoms with E-state index in [0.29, 0.717) is 6.54 Å². The molecule has 0 radical (unpaired) electrons. The zero-order chi connectivity index (χ0) is 35.7. The Hall–Kier alpha value is -1.53. The molecule has 0 aliphatic rings. The molecule has 8 atom stereocenters.